The summed E-state index contributed by atoms with van der Waals surface area (Å²) in [5.41, 5.74) is -1.53. The van der Waals surface area contributed by atoms with Crippen molar-refractivity contribution in [1.82, 2.24) is 0 Å². The number of rotatable bonds is 9. The molecule has 0 bridgehead atoms. The predicted molar refractivity (Wildman–Crippen MR) is 69.3 cm³/mol. The Morgan fingerprint density at radius 1 is 1.17 bits per heavy atom. The predicted octanol–water partition coefficient (Wildman–Crippen LogP) is 4.55. The second kappa shape index (κ2) is 6.73. The highest BCUT2D eigenvalue weighted by Crippen LogP contribution is 2.51. The maximum atomic E-state index is 11.2. The molecule has 0 radical (unpaired) electrons. The number of ether oxygens (including phenoxy) is 1. The second-order valence-electron chi connectivity index (χ2n) is 4.86. The molecular formula is C13H23ClO4. The van der Waals surface area contributed by atoms with Gasteiger partial charge in [-0.25, -0.2) is 4.79 Å². The maximum absolute atomic E-state index is 11.2. The van der Waals surface area contributed by atoms with Crippen molar-refractivity contribution in [3.8, 4) is 0 Å². The molecule has 1 saturated heterocycles. The number of hydrogen-bond acceptors (Lipinski definition) is 4. The second-order valence-corrected chi connectivity index (χ2v) is 5.17. The summed E-state index contributed by atoms with van der Waals surface area (Å²) in [4.78, 5) is 21.6. The maximum Gasteiger partial charge on any atom is 0.404 e. The van der Waals surface area contributed by atoms with Crippen molar-refractivity contribution in [2.45, 2.75) is 77.1 Å². The summed E-state index contributed by atoms with van der Waals surface area (Å²) >= 11 is 5.44. The third kappa shape index (κ3) is 3.37. The third-order valence-corrected chi connectivity index (χ3v) is 3.50. The number of hydrogen-bond donors (Lipinski definition) is 0. The Kier molecular flexibility index (Phi) is 5.89. The minimum Gasteiger partial charge on any atom is -0.441 e. The van der Waals surface area contributed by atoms with Gasteiger partial charge < -0.3 is 4.74 Å². The monoisotopic (exact) mass is 278 g/mol. The molecule has 1 aliphatic heterocycles. The summed E-state index contributed by atoms with van der Waals surface area (Å²) in [6, 6.07) is 0. The Bertz CT molecular complexity index is 278. The summed E-state index contributed by atoms with van der Waals surface area (Å²) in [5.74, 6) is -0.780. The van der Waals surface area contributed by atoms with Crippen molar-refractivity contribution in [2.75, 3.05) is 0 Å². The molecule has 1 rings (SSSR count). The lowest BCUT2D eigenvalue weighted by atomic mass is 9.82. The summed E-state index contributed by atoms with van der Waals surface area (Å²) in [6.45, 7) is 6.19. The first kappa shape index (κ1) is 15.7. The normalized spacial score (nSPS) is 20.2. The van der Waals surface area contributed by atoms with Crippen LogP contribution in [0.25, 0.3) is 0 Å². The van der Waals surface area contributed by atoms with Crippen LogP contribution in [0.2, 0.25) is 0 Å². The number of halogens is 1. The zero-order valence-electron chi connectivity index (χ0n) is 11.5. The van der Waals surface area contributed by atoms with Crippen LogP contribution in [0, 0.1) is 0 Å². The van der Waals surface area contributed by atoms with E-state index in [9.17, 15) is 4.79 Å². The molecule has 0 N–H and O–H groups in total. The fourth-order valence-electron chi connectivity index (χ4n) is 2.55. The number of unbranched alkanes of at least 4 members (excludes halogenated alkanes) is 1. The molecule has 0 aromatic heterocycles. The van der Waals surface area contributed by atoms with Gasteiger partial charge in [0.15, 0.2) is 5.60 Å². The average molecular weight is 279 g/mol. The minimum atomic E-state index is -0.783. The average Bonchev–Trinajstić information content (AvgIpc) is 3.07. The van der Waals surface area contributed by atoms with E-state index < -0.39 is 16.8 Å². The van der Waals surface area contributed by atoms with Crippen molar-refractivity contribution in [2.24, 2.45) is 0 Å². The van der Waals surface area contributed by atoms with Gasteiger partial charge >= 0.3 is 5.43 Å². The van der Waals surface area contributed by atoms with E-state index in [0.29, 0.717) is 12.8 Å². The lowest BCUT2D eigenvalue weighted by Crippen LogP contribution is -2.48. The van der Waals surface area contributed by atoms with E-state index in [1.807, 2.05) is 13.8 Å². The molecule has 18 heavy (non-hydrogen) atoms. The van der Waals surface area contributed by atoms with Crippen molar-refractivity contribution >= 4 is 17.0 Å². The fourth-order valence-corrected chi connectivity index (χ4v) is 2.70. The van der Waals surface area contributed by atoms with Crippen LogP contribution in [0.4, 0.5) is 4.79 Å². The highest BCUT2D eigenvalue weighted by Gasteiger charge is 2.66. The summed E-state index contributed by atoms with van der Waals surface area (Å²) in [7, 11) is 0. The van der Waals surface area contributed by atoms with Crippen molar-refractivity contribution in [1.29, 1.82) is 0 Å². The zero-order valence-corrected chi connectivity index (χ0v) is 12.2. The first-order valence-corrected chi connectivity index (χ1v) is 7.19. The van der Waals surface area contributed by atoms with Gasteiger partial charge in [0, 0.05) is 18.0 Å². The van der Waals surface area contributed by atoms with Crippen molar-refractivity contribution in [3.63, 3.8) is 0 Å². The molecule has 0 amide bonds. The SMILES string of the molecule is CCCCC(CCC)(OC(=O)Cl)C1(CCC)OO1. The summed E-state index contributed by atoms with van der Waals surface area (Å²) < 4.78 is 5.44. The summed E-state index contributed by atoms with van der Waals surface area (Å²) in [5, 5.41) is 0. The zero-order chi connectivity index (χ0) is 13.6. The van der Waals surface area contributed by atoms with E-state index in [0.717, 1.165) is 32.1 Å². The molecule has 1 unspecified atom stereocenters. The van der Waals surface area contributed by atoms with Crippen LogP contribution in [0.15, 0.2) is 0 Å². The molecule has 0 saturated carbocycles. The van der Waals surface area contributed by atoms with E-state index in [-0.39, 0.29) is 0 Å². The largest absolute Gasteiger partial charge is 0.441 e. The Labute approximate surface area is 114 Å². The molecule has 0 aliphatic carbocycles. The lowest BCUT2D eigenvalue weighted by molar-refractivity contribution is -0.0642. The van der Waals surface area contributed by atoms with E-state index >= 15 is 0 Å². The van der Waals surface area contributed by atoms with Crippen LogP contribution in [0.3, 0.4) is 0 Å². The van der Waals surface area contributed by atoms with Gasteiger partial charge in [-0.3, -0.25) is 0 Å². The van der Waals surface area contributed by atoms with Crippen LogP contribution >= 0.6 is 11.6 Å². The Balaban J connectivity index is 2.91. The first-order valence-electron chi connectivity index (χ1n) is 6.81. The molecule has 0 aromatic carbocycles. The van der Waals surface area contributed by atoms with Gasteiger partial charge in [0.05, 0.1) is 0 Å². The van der Waals surface area contributed by atoms with E-state index in [1.165, 1.54) is 0 Å². The van der Waals surface area contributed by atoms with Gasteiger partial charge in [-0.2, -0.15) is 9.78 Å². The van der Waals surface area contributed by atoms with Crippen LogP contribution in [-0.2, 0) is 14.5 Å². The lowest BCUT2D eigenvalue weighted by Gasteiger charge is -2.34. The van der Waals surface area contributed by atoms with Crippen LogP contribution < -0.4 is 0 Å². The van der Waals surface area contributed by atoms with Gasteiger partial charge in [-0.15, -0.1) is 0 Å². The van der Waals surface area contributed by atoms with Crippen molar-refractivity contribution < 1.29 is 19.3 Å². The van der Waals surface area contributed by atoms with Crippen molar-refractivity contribution in [3.05, 3.63) is 0 Å². The molecule has 1 atom stereocenters. The molecule has 1 fully saturated rings. The summed E-state index contributed by atoms with van der Waals surface area (Å²) in [6.07, 6.45) is 5.88. The highest BCUT2D eigenvalue weighted by atomic mass is 35.5. The third-order valence-electron chi connectivity index (χ3n) is 3.42. The number of carbonyl (C=O) groups is 1. The quantitative estimate of drug-likeness (QED) is 0.353. The Morgan fingerprint density at radius 3 is 2.22 bits per heavy atom. The van der Waals surface area contributed by atoms with Gasteiger partial charge in [0.25, 0.3) is 5.79 Å². The molecule has 5 heteroatoms. The van der Waals surface area contributed by atoms with Gasteiger partial charge in [0.2, 0.25) is 0 Å². The van der Waals surface area contributed by atoms with E-state index in [4.69, 9.17) is 26.1 Å². The molecule has 1 aliphatic rings. The van der Waals surface area contributed by atoms with Gasteiger partial charge in [0.1, 0.15) is 0 Å². The van der Waals surface area contributed by atoms with Crippen LogP contribution in [0.1, 0.15) is 65.7 Å². The molecular weight excluding hydrogens is 256 g/mol. The van der Waals surface area contributed by atoms with E-state index in [2.05, 4.69) is 6.92 Å². The van der Waals surface area contributed by atoms with E-state index in [1.54, 1.807) is 0 Å². The number of carbonyl (C=O) groups excluding carboxylic acids is 1. The molecule has 106 valence electrons. The smallest absolute Gasteiger partial charge is 0.404 e. The first-order chi connectivity index (χ1) is 8.56. The molecule has 0 spiro atoms. The Morgan fingerprint density at radius 2 is 1.83 bits per heavy atom. The minimum absolute atomic E-state index is 0.700. The fraction of sp³-hybridized carbons (Fsp3) is 0.923. The molecule has 0 aromatic rings. The van der Waals surface area contributed by atoms with Crippen LogP contribution in [-0.4, -0.2) is 16.8 Å². The highest BCUT2D eigenvalue weighted by molar-refractivity contribution is 6.61. The standard InChI is InChI=1S/C13H23ClO4/c1-4-7-10-12(8-5-2,16-11(14)15)13(9-6-3)17-18-13/h4-10H2,1-3H3. The Hall–Kier alpha value is -0.320. The topological polar surface area (TPSA) is 51.4 Å². The van der Waals surface area contributed by atoms with Crippen LogP contribution in [0.5, 0.6) is 0 Å². The van der Waals surface area contributed by atoms with Gasteiger partial charge in [-0.1, -0.05) is 40.0 Å². The molecule has 1 heterocycles. The molecule has 4 nitrogen and oxygen atoms in total. The van der Waals surface area contributed by atoms with Gasteiger partial charge in [-0.05, 0) is 19.3 Å².